The maximum absolute atomic E-state index is 11.1. The van der Waals surface area contributed by atoms with Crippen molar-refractivity contribution >= 4 is 10.1 Å². The Morgan fingerprint density at radius 3 is 1.48 bits per heavy atom. The third kappa shape index (κ3) is 22.8. The fraction of sp³-hybridized carbons (Fsp3) is 1.00. The van der Waals surface area contributed by atoms with Gasteiger partial charge in [-0.25, -0.2) is 0 Å². The Bertz CT molecular complexity index is 467. The highest BCUT2D eigenvalue weighted by atomic mass is 32.2. The van der Waals surface area contributed by atoms with Crippen molar-refractivity contribution in [2.45, 2.75) is 135 Å². The predicted octanol–water partition coefficient (Wildman–Crippen LogP) is 7.03. The Hall–Kier alpha value is -0.170. The summed E-state index contributed by atoms with van der Waals surface area (Å²) in [4.78, 5) is 0. The van der Waals surface area contributed by atoms with Crippen LogP contribution in [0.15, 0.2) is 0 Å². The molecule has 0 aromatic heterocycles. The van der Waals surface area contributed by atoms with Crippen molar-refractivity contribution in [2.75, 3.05) is 26.6 Å². The number of methoxy groups -OCH3 is 1. The van der Waals surface area contributed by atoms with Gasteiger partial charge in [0.15, 0.2) is 0 Å². The van der Waals surface area contributed by atoms with E-state index in [4.69, 9.17) is 13.7 Å². The fourth-order valence-electron chi connectivity index (χ4n) is 3.81. The zero-order valence-corrected chi connectivity index (χ0v) is 21.9. The molecule has 0 heterocycles. The van der Waals surface area contributed by atoms with Crippen LogP contribution in [0.3, 0.4) is 0 Å². The Kier molecular flexibility index (Phi) is 21.5. The summed E-state index contributed by atoms with van der Waals surface area (Å²) in [7, 11) is -1.76. The zero-order valence-electron chi connectivity index (χ0n) is 21.0. The molecule has 31 heavy (non-hydrogen) atoms. The van der Waals surface area contributed by atoms with E-state index in [1.807, 2.05) is 6.92 Å². The summed E-state index contributed by atoms with van der Waals surface area (Å²) in [5.74, 6) is 0. The quantitative estimate of drug-likeness (QED) is 0.113. The summed E-state index contributed by atoms with van der Waals surface area (Å²) in [6.07, 6.45) is 23.0. The van der Waals surface area contributed by atoms with Crippen LogP contribution < -0.4 is 0 Å². The van der Waals surface area contributed by atoms with Gasteiger partial charge in [-0.1, -0.05) is 103 Å². The van der Waals surface area contributed by atoms with Crippen molar-refractivity contribution in [1.29, 1.82) is 0 Å². The summed E-state index contributed by atoms with van der Waals surface area (Å²) >= 11 is 0. The van der Waals surface area contributed by atoms with Crippen molar-refractivity contribution in [3.63, 3.8) is 0 Å². The van der Waals surface area contributed by atoms with Crippen LogP contribution in [0.2, 0.25) is 0 Å². The van der Waals surface area contributed by atoms with Gasteiger partial charge in [0, 0.05) is 20.1 Å². The first-order chi connectivity index (χ1) is 14.9. The molecule has 0 amide bonds. The zero-order chi connectivity index (χ0) is 23.2. The van der Waals surface area contributed by atoms with Gasteiger partial charge in [-0.2, -0.15) is 8.42 Å². The lowest BCUT2D eigenvalue weighted by atomic mass is 10.0. The van der Waals surface area contributed by atoms with E-state index in [9.17, 15) is 8.42 Å². The normalized spacial score (nSPS) is 14.1. The van der Waals surface area contributed by atoms with Gasteiger partial charge in [-0.15, -0.1) is 0 Å². The number of ether oxygens (including phenoxy) is 2. The fourth-order valence-corrected chi connectivity index (χ4v) is 4.20. The second-order valence-corrected chi connectivity index (χ2v) is 10.6. The molecule has 0 radical (unpaired) electrons. The Morgan fingerprint density at radius 1 is 0.677 bits per heavy atom. The van der Waals surface area contributed by atoms with Gasteiger partial charge < -0.3 is 9.47 Å². The van der Waals surface area contributed by atoms with Gasteiger partial charge >= 0.3 is 0 Å². The number of hydrogen-bond donors (Lipinski definition) is 0. The van der Waals surface area contributed by atoms with Crippen molar-refractivity contribution in [3.05, 3.63) is 0 Å². The smallest absolute Gasteiger partial charge is 0.264 e. The van der Waals surface area contributed by atoms with Crippen LogP contribution in [0.4, 0.5) is 0 Å². The second-order valence-electron chi connectivity index (χ2n) is 8.97. The number of hydrogen-bond acceptors (Lipinski definition) is 5. The molecule has 5 nitrogen and oxygen atoms in total. The Labute approximate surface area is 194 Å². The summed E-state index contributed by atoms with van der Waals surface area (Å²) in [6, 6.07) is 0. The molecule has 2 atom stereocenters. The van der Waals surface area contributed by atoms with Gasteiger partial charge in [0.1, 0.15) is 0 Å². The predicted molar refractivity (Wildman–Crippen MR) is 131 cm³/mol. The van der Waals surface area contributed by atoms with Gasteiger partial charge in [0.05, 0.1) is 25.1 Å². The molecule has 188 valence electrons. The number of rotatable bonds is 24. The summed E-state index contributed by atoms with van der Waals surface area (Å²) < 4.78 is 38.3. The highest BCUT2D eigenvalue weighted by molar-refractivity contribution is 7.85. The van der Waals surface area contributed by atoms with Crippen molar-refractivity contribution < 1.29 is 22.1 Å². The largest absolute Gasteiger partial charge is 0.379 e. The van der Waals surface area contributed by atoms with Crippen LogP contribution in [0.25, 0.3) is 0 Å². The van der Waals surface area contributed by atoms with E-state index in [1.54, 1.807) is 7.11 Å². The average molecular weight is 465 g/mol. The highest BCUT2D eigenvalue weighted by Crippen LogP contribution is 2.14. The van der Waals surface area contributed by atoms with Crippen molar-refractivity contribution in [3.8, 4) is 0 Å². The SMILES string of the molecule is CCCCCCCCCCCCCCCCCCOC(CCOS(C)(=O)=O)C(C)OC. The molecule has 0 saturated heterocycles. The van der Waals surface area contributed by atoms with E-state index in [1.165, 1.54) is 96.3 Å². The maximum Gasteiger partial charge on any atom is 0.264 e. The average Bonchev–Trinajstić information content (AvgIpc) is 2.73. The number of unbranched alkanes of at least 4 members (excludes halogenated alkanes) is 15. The van der Waals surface area contributed by atoms with Crippen molar-refractivity contribution in [1.82, 2.24) is 0 Å². The minimum absolute atomic E-state index is 0.0794. The van der Waals surface area contributed by atoms with E-state index < -0.39 is 10.1 Å². The summed E-state index contributed by atoms with van der Waals surface area (Å²) in [5, 5.41) is 0. The molecule has 0 N–H and O–H groups in total. The minimum Gasteiger partial charge on any atom is -0.379 e. The molecule has 0 saturated carbocycles. The van der Waals surface area contributed by atoms with Gasteiger partial charge in [-0.3, -0.25) is 4.18 Å². The first-order valence-electron chi connectivity index (χ1n) is 12.9. The highest BCUT2D eigenvalue weighted by Gasteiger charge is 2.18. The molecule has 2 unspecified atom stereocenters. The summed E-state index contributed by atoms with van der Waals surface area (Å²) in [5.41, 5.74) is 0. The van der Waals surface area contributed by atoms with E-state index in [-0.39, 0.29) is 18.8 Å². The lowest BCUT2D eigenvalue weighted by Crippen LogP contribution is -2.30. The van der Waals surface area contributed by atoms with Crippen LogP contribution in [-0.2, 0) is 23.8 Å². The van der Waals surface area contributed by atoms with E-state index in [0.717, 1.165) is 12.7 Å². The Balaban J connectivity index is 3.48. The molecule has 0 bridgehead atoms. The van der Waals surface area contributed by atoms with Crippen molar-refractivity contribution in [2.24, 2.45) is 0 Å². The molecule has 0 fully saturated rings. The maximum atomic E-state index is 11.1. The molecule has 6 heteroatoms. The lowest BCUT2D eigenvalue weighted by Gasteiger charge is -2.23. The van der Waals surface area contributed by atoms with Crippen LogP contribution in [0.5, 0.6) is 0 Å². The molecule has 0 aliphatic carbocycles. The Morgan fingerprint density at radius 2 is 1.10 bits per heavy atom. The van der Waals surface area contributed by atoms with Gasteiger partial charge in [-0.05, 0) is 13.3 Å². The van der Waals surface area contributed by atoms with Gasteiger partial charge in [0.25, 0.3) is 10.1 Å². The molecule has 0 rings (SSSR count). The van der Waals surface area contributed by atoms with E-state index in [0.29, 0.717) is 13.0 Å². The molecular formula is C25H52O5S. The first-order valence-corrected chi connectivity index (χ1v) is 14.7. The summed E-state index contributed by atoms with van der Waals surface area (Å²) in [6.45, 7) is 5.05. The van der Waals surface area contributed by atoms with Gasteiger partial charge in [0.2, 0.25) is 0 Å². The van der Waals surface area contributed by atoms with Crippen LogP contribution in [-0.4, -0.2) is 47.2 Å². The molecule has 0 aliphatic rings. The van der Waals surface area contributed by atoms with E-state index in [2.05, 4.69) is 6.92 Å². The second kappa shape index (κ2) is 21.7. The molecule has 0 aliphatic heterocycles. The third-order valence-electron chi connectivity index (χ3n) is 5.92. The lowest BCUT2D eigenvalue weighted by molar-refractivity contribution is -0.0568. The van der Waals surface area contributed by atoms with E-state index >= 15 is 0 Å². The van der Waals surface area contributed by atoms with Crippen LogP contribution >= 0.6 is 0 Å². The van der Waals surface area contributed by atoms with Crippen LogP contribution in [0.1, 0.15) is 123 Å². The first kappa shape index (κ1) is 30.8. The topological polar surface area (TPSA) is 61.8 Å². The monoisotopic (exact) mass is 464 g/mol. The molecule has 0 aromatic carbocycles. The third-order valence-corrected chi connectivity index (χ3v) is 6.52. The molecule has 0 aromatic rings. The standard InChI is InChI=1S/C25H52O5S/c1-5-6-7-8-9-10-11-12-13-14-15-16-17-18-19-20-22-29-25(24(2)28-3)21-23-30-31(4,26)27/h24-25H,5-23H2,1-4H3. The van der Waals surface area contributed by atoms with Crippen LogP contribution in [0, 0.1) is 0 Å². The molecule has 0 spiro atoms. The minimum atomic E-state index is -3.40. The molecular weight excluding hydrogens is 412 g/mol.